The van der Waals surface area contributed by atoms with Gasteiger partial charge >= 0.3 is 5.97 Å². The van der Waals surface area contributed by atoms with Crippen molar-refractivity contribution >= 4 is 5.97 Å². The molecule has 1 heterocycles. The summed E-state index contributed by atoms with van der Waals surface area (Å²) in [5.74, 6) is -0.272. The molecule has 1 rings (SSSR count). The lowest BCUT2D eigenvalue weighted by Gasteiger charge is -2.10. The molecule has 2 N–H and O–H groups in total. The molecule has 1 unspecified atom stereocenters. The monoisotopic (exact) mass is 241 g/mol. The number of nitrogens with one attached hydrogen (secondary N) is 1. The number of rotatable bonds is 7. The number of aliphatic hydroxyl groups excluding tert-OH is 1. The van der Waals surface area contributed by atoms with Gasteiger partial charge in [0.25, 0.3) is 0 Å². The van der Waals surface area contributed by atoms with Crippen molar-refractivity contribution in [3.63, 3.8) is 0 Å². The van der Waals surface area contributed by atoms with Crippen molar-refractivity contribution < 1.29 is 19.1 Å². The largest absolute Gasteiger partial charge is 0.463 e. The fourth-order valence-corrected chi connectivity index (χ4v) is 1.56. The summed E-state index contributed by atoms with van der Waals surface area (Å²) < 4.78 is 9.64. The van der Waals surface area contributed by atoms with Crippen LogP contribution in [0.5, 0.6) is 0 Å². The zero-order valence-electron chi connectivity index (χ0n) is 10.2. The minimum atomic E-state index is -0.485. The summed E-state index contributed by atoms with van der Waals surface area (Å²) >= 11 is 0. The summed E-state index contributed by atoms with van der Waals surface area (Å²) in [6.07, 6.45) is 2.81. The smallest absolute Gasteiger partial charge is 0.374 e. The Kier molecular flexibility index (Phi) is 5.72. The van der Waals surface area contributed by atoms with E-state index in [0.29, 0.717) is 13.1 Å². The molecule has 17 heavy (non-hydrogen) atoms. The summed E-state index contributed by atoms with van der Waals surface area (Å²) in [6, 6.07) is 1.71. The summed E-state index contributed by atoms with van der Waals surface area (Å²) in [4.78, 5) is 11.3. The second kappa shape index (κ2) is 7.09. The highest BCUT2D eigenvalue weighted by molar-refractivity contribution is 5.87. The first-order chi connectivity index (χ1) is 8.19. The molecule has 0 aliphatic rings. The topological polar surface area (TPSA) is 71.7 Å². The Morgan fingerprint density at radius 2 is 2.41 bits per heavy atom. The molecule has 0 saturated carbocycles. The Bertz CT molecular complexity index is 348. The maximum atomic E-state index is 11.3. The van der Waals surface area contributed by atoms with Crippen LogP contribution in [0.25, 0.3) is 0 Å². The lowest BCUT2D eigenvalue weighted by molar-refractivity contribution is 0.0563. The SMILES string of the molecule is CCCC(O)CNCc1ccoc1C(=O)OC. The van der Waals surface area contributed by atoms with Crippen LogP contribution in [-0.4, -0.2) is 30.8 Å². The molecule has 0 aromatic carbocycles. The predicted molar refractivity (Wildman–Crippen MR) is 62.7 cm³/mol. The van der Waals surface area contributed by atoms with E-state index in [9.17, 15) is 9.90 Å². The number of furan rings is 1. The van der Waals surface area contributed by atoms with Gasteiger partial charge in [-0.3, -0.25) is 0 Å². The molecule has 96 valence electrons. The first kappa shape index (κ1) is 13.7. The minimum absolute atomic E-state index is 0.213. The van der Waals surface area contributed by atoms with Crippen LogP contribution >= 0.6 is 0 Å². The van der Waals surface area contributed by atoms with E-state index >= 15 is 0 Å². The van der Waals surface area contributed by atoms with Crippen LogP contribution in [0.2, 0.25) is 0 Å². The van der Waals surface area contributed by atoms with Gasteiger partial charge in [-0.15, -0.1) is 0 Å². The summed E-state index contributed by atoms with van der Waals surface area (Å²) in [5.41, 5.74) is 0.737. The second-order valence-corrected chi connectivity index (χ2v) is 3.84. The molecule has 0 amide bonds. The Morgan fingerprint density at radius 1 is 1.65 bits per heavy atom. The number of hydrogen-bond donors (Lipinski definition) is 2. The summed E-state index contributed by atoms with van der Waals surface area (Å²) in [5, 5.41) is 12.6. The summed E-state index contributed by atoms with van der Waals surface area (Å²) in [6.45, 7) is 3.00. The van der Waals surface area contributed by atoms with E-state index in [1.807, 2.05) is 6.92 Å². The van der Waals surface area contributed by atoms with Gasteiger partial charge in [-0.05, 0) is 12.5 Å². The van der Waals surface area contributed by atoms with Gasteiger partial charge in [0.15, 0.2) is 0 Å². The van der Waals surface area contributed by atoms with Crippen LogP contribution in [0, 0.1) is 0 Å². The Hall–Kier alpha value is -1.33. The van der Waals surface area contributed by atoms with Crippen LogP contribution in [0.3, 0.4) is 0 Å². The molecular formula is C12H19NO4. The van der Waals surface area contributed by atoms with Gasteiger partial charge < -0.3 is 19.6 Å². The molecule has 1 aromatic rings. The van der Waals surface area contributed by atoms with E-state index in [4.69, 9.17) is 4.42 Å². The first-order valence-corrected chi connectivity index (χ1v) is 5.72. The number of ether oxygens (including phenoxy) is 1. The van der Waals surface area contributed by atoms with Gasteiger partial charge in [0.1, 0.15) is 0 Å². The third-order valence-electron chi connectivity index (χ3n) is 2.43. The van der Waals surface area contributed by atoms with Crippen molar-refractivity contribution in [3.05, 3.63) is 23.7 Å². The average Bonchev–Trinajstić information content (AvgIpc) is 2.77. The zero-order valence-corrected chi connectivity index (χ0v) is 10.2. The molecular weight excluding hydrogens is 222 g/mol. The normalized spacial score (nSPS) is 12.4. The van der Waals surface area contributed by atoms with E-state index in [0.717, 1.165) is 18.4 Å². The van der Waals surface area contributed by atoms with E-state index in [-0.39, 0.29) is 11.9 Å². The maximum Gasteiger partial charge on any atom is 0.374 e. The van der Waals surface area contributed by atoms with Crippen molar-refractivity contribution in [3.8, 4) is 0 Å². The molecule has 5 heteroatoms. The van der Waals surface area contributed by atoms with E-state index in [2.05, 4.69) is 10.1 Å². The third-order valence-corrected chi connectivity index (χ3v) is 2.43. The molecule has 1 aromatic heterocycles. The maximum absolute atomic E-state index is 11.3. The summed E-state index contributed by atoms with van der Waals surface area (Å²) in [7, 11) is 1.31. The van der Waals surface area contributed by atoms with Crippen molar-refractivity contribution in [2.45, 2.75) is 32.4 Å². The quantitative estimate of drug-likeness (QED) is 0.704. The molecule has 0 aliphatic carbocycles. The van der Waals surface area contributed by atoms with Gasteiger partial charge in [0.2, 0.25) is 5.76 Å². The van der Waals surface area contributed by atoms with Gasteiger partial charge in [0, 0.05) is 18.7 Å². The number of methoxy groups -OCH3 is 1. The lowest BCUT2D eigenvalue weighted by atomic mass is 10.2. The number of esters is 1. The zero-order chi connectivity index (χ0) is 12.7. The van der Waals surface area contributed by atoms with E-state index in [1.54, 1.807) is 6.07 Å². The van der Waals surface area contributed by atoms with E-state index < -0.39 is 5.97 Å². The van der Waals surface area contributed by atoms with Crippen molar-refractivity contribution in [1.82, 2.24) is 5.32 Å². The Labute approximate surface area is 101 Å². The van der Waals surface area contributed by atoms with Crippen LogP contribution in [0.1, 0.15) is 35.9 Å². The van der Waals surface area contributed by atoms with Gasteiger partial charge in [-0.1, -0.05) is 13.3 Å². The molecule has 0 saturated heterocycles. The highest BCUT2D eigenvalue weighted by atomic mass is 16.5. The highest BCUT2D eigenvalue weighted by Crippen LogP contribution is 2.11. The van der Waals surface area contributed by atoms with Crippen LogP contribution in [0.15, 0.2) is 16.7 Å². The van der Waals surface area contributed by atoms with Crippen LogP contribution < -0.4 is 5.32 Å². The Morgan fingerprint density at radius 3 is 3.06 bits per heavy atom. The molecule has 0 bridgehead atoms. The number of aliphatic hydroxyl groups is 1. The van der Waals surface area contributed by atoms with Gasteiger partial charge in [-0.2, -0.15) is 0 Å². The molecule has 0 aliphatic heterocycles. The molecule has 5 nitrogen and oxygen atoms in total. The first-order valence-electron chi connectivity index (χ1n) is 5.72. The number of hydrogen-bond acceptors (Lipinski definition) is 5. The molecule has 0 fully saturated rings. The van der Waals surface area contributed by atoms with Crippen molar-refractivity contribution in [2.75, 3.05) is 13.7 Å². The predicted octanol–water partition coefficient (Wildman–Crippen LogP) is 1.32. The van der Waals surface area contributed by atoms with E-state index in [1.165, 1.54) is 13.4 Å². The molecule has 1 atom stereocenters. The standard InChI is InChI=1S/C12H19NO4/c1-3-4-10(14)8-13-7-9-5-6-17-11(9)12(15)16-2/h5-6,10,13-14H,3-4,7-8H2,1-2H3. The second-order valence-electron chi connectivity index (χ2n) is 3.84. The van der Waals surface area contributed by atoms with Gasteiger partial charge in [-0.25, -0.2) is 4.79 Å². The molecule has 0 spiro atoms. The number of carbonyl (C=O) groups excluding carboxylic acids is 1. The highest BCUT2D eigenvalue weighted by Gasteiger charge is 2.15. The van der Waals surface area contributed by atoms with Crippen molar-refractivity contribution in [2.24, 2.45) is 0 Å². The average molecular weight is 241 g/mol. The Balaban J connectivity index is 2.41. The lowest BCUT2D eigenvalue weighted by Crippen LogP contribution is -2.26. The number of carbonyl (C=O) groups is 1. The fraction of sp³-hybridized carbons (Fsp3) is 0.583. The van der Waals surface area contributed by atoms with Crippen molar-refractivity contribution in [1.29, 1.82) is 0 Å². The fourth-order valence-electron chi connectivity index (χ4n) is 1.56. The third kappa shape index (κ3) is 4.20. The van der Waals surface area contributed by atoms with Gasteiger partial charge in [0.05, 0.1) is 19.5 Å². The minimum Gasteiger partial charge on any atom is -0.463 e. The van der Waals surface area contributed by atoms with Crippen LogP contribution in [0.4, 0.5) is 0 Å². The van der Waals surface area contributed by atoms with Crippen LogP contribution in [-0.2, 0) is 11.3 Å². The molecule has 0 radical (unpaired) electrons.